The smallest absolute Gasteiger partial charge is 0.354 e. The molecule has 3 rings (SSSR count). The molecule has 8 heteroatoms. The first-order valence-corrected chi connectivity index (χ1v) is 10.6. The van der Waals surface area contributed by atoms with Crippen LogP contribution in [0, 0.1) is 13.8 Å². The van der Waals surface area contributed by atoms with Gasteiger partial charge in [-0.1, -0.05) is 12.1 Å². The molecule has 0 fully saturated rings. The van der Waals surface area contributed by atoms with Gasteiger partial charge in [-0.2, -0.15) is 0 Å². The van der Waals surface area contributed by atoms with E-state index in [1.54, 1.807) is 12.3 Å². The molecule has 0 unspecified atom stereocenters. The lowest BCUT2D eigenvalue weighted by Gasteiger charge is -2.09. The number of nitrogens with one attached hydrogen (secondary N) is 2. The lowest BCUT2D eigenvalue weighted by atomic mass is 10.1. The van der Waals surface area contributed by atoms with E-state index in [1.165, 1.54) is 24.0 Å². The summed E-state index contributed by atoms with van der Waals surface area (Å²) in [6.45, 7) is 4.64. The van der Waals surface area contributed by atoms with Gasteiger partial charge < -0.3 is 19.8 Å². The Balaban J connectivity index is 1.42. The van der Waals surface area contributed by atoms with Gasteiger partial charge in [-0.25, -0.2) is 9.78 Å². The molecule has 30 heavy (non-hydrogen) atoms. The van der Waals surface area contributed by atoms with E-state index in [9.17, 15) is 9.59 Å². The number of hydrogen-bond donors (Lipinski definition) is 2. The predicted molar refractivity (Wildman–Crippen MR) is 117 cm³/mol. The van der Waals surface area contributed by atoms with Gasteiger partial charge in [-0.3, -0.25) is 4.79 Å². The van der Waals surface area contributed by atoms with Crippen molar-refractivity contribution in [2.45, 2.75) is 33.1 Å². The molecule has 0 aliphatic rings. The molecular weight excluding hydrogens is 402 g/mol. The normalized spacial score (nSPS) is 10.6. The number of ether oxygens (including phenoxy) is 2. The van der Waals surface area contributed by atoms with Crippen LogP contribution < -0.4 is 10.1 Å². The summed E-state index contributed by atoms with van der Waals surface area (Å²) < 4.78 is 10.5. The molecule has 0 radical (unpaired) electrons. The van der Waals surface area contributed by atoms with Crippen LogP contribution in [-0.2, 0) is 9.53 Å². The van der Waals surface area contributed by atoms with E-state index in [-0.39, 0.29) is 5.91 Å². The Labute approximate surface area is 179 Å². The van der Waals surface area contributed by atoms with Crippen molar-refractivity contribution in [3.63, 3.8) is 0 Å². The molecule has 1 aromatic carbocycles. The summed E-state index contributed by atoms with van der Waals surface area (Å²) in [5.41, 5.74) is 4.08. The number of carbonyl (C=O) groups excluding carboxylic acids is 2. The van der Waals surface area contributed by atoms with Crippen LogP contribution in [0.2, 0.25) is 0 Å². The van der Waals surface area contributed by atoms with Gasteiger partial charge >= 0.3 is 5.97 Å². The minimum absolute atomic E-state index is 0.0769. The Bertz CT molecular complexity index is 1030. The van der Waals surface area contributed by atoms with Crippen molar-refractivity contribution in [1.29, 1.82) is 0 Å². The highest BCUT2D eigenvalue weighted by Gasteiger charge is 2.13. The topological polar surface area (TPSA) is 93.3 Å². The van der Waals surface area contributed by atoms with E-state index in [0.717, 1.165) is 29.7 Å². The van der Waals surface area contributed by atoms with Gasteiger partial charge in [0.2, 0.25) is 5.91 Å². The molecule has 0 saturated carbocycles. The van der Waals surface area contributed by atoms with Crippen LogP contribution in [0.25, 0.3) is 11.3 Å². The highest BCUT2D eigenvalue weighted by atomic mass is 32.1. The number of amides is 1. The summed E-state index contributed by atoms with van der Waals surface area (Å²) in [6, 6.07) is 7.80. The van der Waals surface area contributed by atoms with Crippen molar-refractivity contribution in [1.82, 2.24) is 9.97 Å². The number of unbranched alkanes of at least 4 members (excludes halogenated alkanes) is 1. The number of aromatic amines is 1. The van der Waals surface area contributed by atoms with E-state index in [0.29, 0.717) is 29.5 Å². The first kappa shape index (κ1) is 21.6. The van der Waals surface area contributed by atoms with Gasteiger partial charge in [0.25, 0.3) is 0 Å². The van der Waals surface area contributed by atoms with Crippen LogP contribution in [-0.4, -0.2) is 35.6 Å². The monoisotopic (exact) mass is 427 g/mol. The number of methoxy groups -OCH3 is 1. The first-order valence-electron chi connectivity index (χ1n) is 9.69. The predicted octanol–water partition coefficient (Wildman–Crippen LogP) is 4.73. The minimum Gasteiger partial charge on any atom is -0.493 e. The quantitative estimate of drug-likeness (QED) is 0.380. The Morgan fingerprint density at radius 3 is 2.83 bits per heavy atom. The number of nitrogens with zero attached hydrogens (tertiary/aromatic N) is 1. The lowest BCUT2D eigenvalue weighted by molar-refractivity contribution is -0.116. The number of anilines is 1. The molecule has 0 atom stereocenters. The average Bonchev–Trinajstić information content (AvgIpc) is 3.39. The Kier molecular flexibility index (Phi) is 7.24. The van der Waals surface area contributed by atoms with Crippen LogP contribution in [0.15, 0.2) is 35.8 Å². The lowest BCUT2D eigenvalue weighted by Crippen LogP contribution is -2.11. The molecule has 0 aliphatic heterocycles. The van der Waals surface area contributed by atoms with Crippen molar-refractivity contribution < 1.29 is 19.1 Å². The molecule has 3 aromatic rings. The number of carbonyl (C=O) groups is 2. The Morgan fingerprint density at radius 2 is 2.03 bits per heavy atom. The van der Waals surface area contributed by atoms with Crippen LogP contribution in [0.3, 0.4) is 0 Å². The Morgan fingerprint density at radius 1 is 1.20 bits per heavy atom. The average molecular weight is 428 g/mol. The molecular formula is C22H25N3O4S. The second-order valence-electron chi connectivity index (χ2n) is 6.95. The number of hydrogen-bond acceptors (Lipinski definition) is 6. The van der Waals surface area contributed by atoms with Crippen molar-refractivity contribution in [2.75, 3.05) is 19.0 Å². The van der Waals surface area contributed by atoms with Gasteiger partial charge in [0, 0.05) is 23.6 Å². The molecule has 2 heterocycles. The number of benzene rings is 1. The summed E-state index contributed by atoms with van der Waals surface area (Å²) in [6.07, 6.45) is 3.61. The fraction of sp³-hybridized carbons (Fsp3) is 0.318. The maximum Gasteiger partial charge on any atom is 0.354 e. The molecule has 2 aromatic heterocycles. The molecule has 0 aliphatic carbocycles. The number of aromatic nitrogens is 2. The number of thiazole rings is 1. The first-order chi connectivity index (χ1) is 14.5. The van der Waals surface area contributed by atoms with Crippen molar-refractivity contribution >= 4 is 28.3 Å². The van der Waals surface area contributed by atoms with Gasteiger partial charge in [0.05, 0.1) is 19.4 Å². The van der Waals surface area contributed by atoms with Crippen molar-refractivity contribution in [3.05, 3.63) is 52.7 Å². The SMILES string of the molecule is COC(=O)c1cc(-c2csc(NC(=O)CCCCOc3cc(C)ccc3C)n2)c[nH]1. The molecule has 0 spiro atoms. The maximum absolute atomic E-state index is 12.2. The number of rotatable bonds is 9. The second kappa shape index (κ2) is 10.1. The third-order valence-electron chi connectivity index (χ3n) is 4.53. The zero-order valence-corrected chi connectivity index (χ0v) is 18.1. The summed E-state index contributed by atoms with van der Waals surface area (Å²) >= 11 is 1.34. The van der Waals surface area contributed by atoms with E-state index < -0.39 is 5.97 Å². The van der Waals surface area contributed by atoms with E-state index in [4.69, 9.17) is 4.74 Å². The molecule has 158 valence electrons. The largest absolute Gasteiger partial charge is 0.493 e. The third kappa shape index (κ3) is 5.70. The van der Waals surface area contributed by atoms with Crippen LogP contribution in [0.1, 0.15) is 40.9 Å². The molecule has 1 amide bonds. The minimum atomic E-state index is -0.438. The van der Waals surface area contributed by atoms with E-state index in [2.05, 4.69) is 26.1 Å². The zero-order valence-electron chi connectivity index (χ0n) is 17.3. The number of H-pyrrole nitrogens is 1. The van der Waals surface area contributed by atoms with Crippen molar-refractivity contribution in [2.24, 2.45) is 0 Å². The summed E-state index contributed by atoms with van der Waals surface area (Å²) in [4.78, 5) is 31.0. The molecule has 0 saturated heterocycles. The van der Waals surface area contributed by atoms with Crippen LogP contribution >= 0.6 is 11.3 Å². The van der Waals surface area contributed by atoms with Gasteiger partial charge in [0.15, 0.2) is 5.13 Å². The zero-order chi connectivity index (χ0) is 21.5. The second-order valence-corrected chi connectivity index (χ2v) is 7.81. The van der Waals surface area contributed by atoms with Gasteiger partial charge in [-0.15, -0.1) is 11.3 Å². The van der Waals surface area contributed by atoms with Crippen molar-refractivity contribution in [3.8, 4) is 17.0 Å². The summed E-state index contributed by atoms with van der Waals surface area (Å²) in [5.74, 6) is 0.383. The highest BCUT2D eigenvalue weighted by molar-refractivity contribution is 7.14. The third-order valence-corrected chi connectivity index (χ3v) is 5.29. The fourth-order valence-electron chi connectivity index (χ4n) is 2.85. The highest BCUT2D eigenvalue weighted by Crippen LogP contribution is 2.26. The van der Waals surface area contributed by atoms with Gasteiger partial charge in [-0.05, 0) is 49.9 Å². The summed E-state index contributed by atoms with van der Waals surface area (Å²) in [7, 11) is 1.33. The summed E-state index contributed by atoms with van der Waals surface area (Å²) in [5, 5.41) is 5.19. The Hall–Kier alpha value is -3.13. The van der Waals surface area contributed by atoms with Gasteiger partial charge in [0.1, 0.15) is 11.4 Å². The molecule has 2 N–H and O–H groups in total. The van der Waals surface area contributed by atoms with Crippen LogP contribution in [0.5, 0.6) is 5.75 Å². The fourth-order valence-corrected chi connectivity index (χ4v) is 3.58. The maximum atomic E-state index is 12.2. The van der Waals surface area contributed by atoms with Crippen LogP contribution in [0.4, 0.5) is 5.13 Å². The number of aryl methyl sites for hydroxylation is 2. The molecule has 7 nitrogen and oxygen atoms in total. The number of esters is 1. The van der Waals surface area contributed by atoms with E-state index >= 15 is 0 Å². The standard InChI is InChI=1S/C22H25N3O4S/c1-14-7-8-15(2)19(10-14)29-9-5-4-6-20(26)25-22-24-18(13-30-22)16-11-17(23-12-16)21(27)28-3/h7-8,10-13,23H,4-6,9H2,1-3H3,(H,24,25,26). The van der Waals surface area contributed by atoms with E-state index in [1.807, 2.05) is 31.4 Å². The molecule has 0 bridgehead atoms.